The molecule has 0 saturated carbocycles. The number of cyclic esters (lactones) is 1. The number of likely N-dealkylation sites (tertiary alicyclic amines) is 1. The number of rotatable bonds is 4. The van der Waals surface area contributed by atoms with Gasteiger partial charge in [0.2, 0.25) is 0 Å². The zero-order chi connectivity index (χ0) is 19.6. The number of hydrogen-bond donors (Lipinski definition) is 2. The van der Waals surface area contributed by atoms with E-state index in [1.807, 2.05) is 30.3 Å². The van der Waals surface area contributed by atoms with Gasteiger partial charge in [-0.15, -0.1) is 0 Å². The van der Waals surface area contributed by atoms with E-state index in [9.17, 15) is 9.90 Å². The summed E-state index contributed by atoms with van der Waals surface area (Å²) in [5, 5.41) is 13.4. The summed E-state index contributed by atoms with van der Waals surface area (Å²) in [5.74, 6) is 1.93. The molecule has 3 fully saturated rings. The second kappa shape index (κ2) is 6.40. The van der Waals surface area contributed by atoms with Gasteiger partial charge in [-0.2, -0.15) is 0 Å². The largest absolute Gasteiger partial charge is 0.460 e. The fourth-order valence-corrected chi connectivity index (χ4v) is 5.62. The number of ether oxygens (including phenoxy) is 2. The minimum atomic E-state index is -0.269. The molecule has 1 aromatic heterocycles. The van der Waals surface area contributed by atoms with Gasteiger partial charge < -0.3 is 24.3 Å². The molecular weight excluding hydrogens is 372 g/mol. The van der Waals surface area contributed by atoms with Gasteiger partial charge in [-0.05, 0) is 18.2 Å². The molecule has 0 unspecified atom stereocenters. The molecule has 29 heavy (non-hydrogen) atoms. The number of furan rings is 1. The van der Waals surface area contributed by atoms with Crippen LogP contribution in [0.15, 0.2) is 34.7 Å². The third-order valence-corrected chi connectivity index (χ3v) is 7.00. The lowest BCUT2D eigenvalue weighted by Gasteiger charge is -2.34. The van der Waals surface area contributed by atoms with Crippen molar-refractivity contribution in [1.29, 1.82) is 0 Å². The Morgan fingerprint density at radius 2 is 2.21 bits per heavy atom. The van der Waals surface area contributed by atoms with Crippen molar-refractivity contribution < 1.29 is 23.8 Å². The van der Waals surface area contributed by atoms with Crippen LogP contribution in [-0.2, 0) is 22.6 Å². The van der Waals surface area contributed by atoms with E-state index in [1.165, 1.54) is 0 Å². The van der Waals surface area contributed by atoms with Crippen molar-refractivity contribution in [2.75, 3.05) is 32.8 Å². The highest BCUT2D eigenvalue weighted by atomic mass is 16.5. The van der Waals surface area contributed by atoms with Crippen molar-refractivity contribution in [3.63, 3.8) is 0 Å². The molecule has 0 aliphatic carbocycles. The number of carbonyl (C=O) groups excluding carboxylic acids is 1. The highest BCUT2D eigenvalue weighted by molar-refractivity contribution is 5.94. The van der Waals surface area contributed by atoms with Crippen LogP contribution in [0.4, 0.5) is 0 Å². The van der Waals surface area contributed by atoms with Crippen LogP contribution in [-0.4, -0.2) is 60.5 Å². The Kier molecular flexibility index (Phi) is 3.90. The number of esters is 1. The van der Waals surface area contributed by atoms with Gasteiger partial charge in [0.1, 0.15) is 18.1 Å². The Labute approximate surface area is 168 Å². The highest BCUT2D eigenvalue weighted by Crippen LogP contribution is 2.47. The first-order valence-electron chi connectivity index (χ1n) is 10.3. The zero-order valence-corrected chi connectivity index (χ0v) is 16.1. The lowest BCUT2D eigenvalue weighted by Crippen LogP contribution is -2.52. The summed E-state index contributed by atoms with van der Waals surface area (Å²) >= 11 is 0. The van der Waals surface area contributed by atoms with Gasteiger partial charge in [-0.3, -0.25) is 4.90 Å². The van der Waals surface area contributed by atoms with Crippen molar-refractivity contribution in [3.05, 3.63) is 47.2 Å². The van der Waals surface area contributed by atoms with E-state index in [-0.39, 0.29) is 30.2 Å². The van der Waals surface area contributed by atoms with E-state index in [0.29, 0.717) is 24.6 Å². The van der Waals surface area contributed by atoms with Gasteiger partial charge in [0, 0.05) is 55.7 Å². The van der Waals surface area contributed by atoms with Crippen molar-refractivity contribution in [3.8, 4) is 11.3 Å². The van der Waals surface area contributed by atoms with Crippen molar-refractivity contribution in [2.24, 2.45) is 11.8 Å². The standard InChI is InChI=1S/C22H24N2O5/c25-9-17-18-8-24(12-22(18)11-23-6-20(17)29-22)7-15-3-4-19(28-15)13-1-2-14-10-27-21(26)16(14)5-13/h1-5,17-18,20,23,25H,6-12H2/t17-,18+,20+,22+/m0/s1. The molecule has 1 spiro atoms. The average molecular weight is 396 g/mol. The van der Waals surface area contributed by atoms with Crippen LogP contribution >= 0.6 is 0 Å². The third kappa shape index (κ3) is 2.69. The molecule has 2 N–H and O–H groups in total. The van der Waals surface area contributed by atoms with E-state index in [1.54, 1.807) is 0 Å². The zero-order valence-electron chi connectivity index (χ0n) is 16.1. The van der Waals surface area contributed by atoms with Gasteiger partial charge in [-0.1, -0.05) is 12.1 Å². The van der Waals surface area contributed by atoms with Gasteiger partial charge in [0.15, 0.2) is 0 Å². The summed E-state index contributed by atoms with van der Waals surface area (Å²) < 4.78 is 17.6. The molecule has 5 heterocycles. The summed E-state index contributed by atoms with van der Waals surface area (Å²) in [6, 6.07) is 9.70. The number of nitrogens with zero attached hydrogens (tertiary/aromatic N) is 1. The van der Waals surface area contributed by atoms with E-state index in [0.717, 1.165) is 48.8 Å². The van der Waals surface area contributed by atoms with Gasteiger partial charge in [0.05, 0.1) is 23.8 Å². The number of carbonyl (C=O) groups is 1. The molecule has 152 valence electrons. The summed E-state index contributed by atoms with van der Waals surface area (Å²) in [7, 11) is 0. The van der Waals surface area contributed by atoms with E-state index in [2.05, 4.69) is 10.2 Å². The van der Waals surface area contributed by atoms with Gasteiger partial charge in [-0.25, -0.2) is 4.79 Å². The predicted molar refractivity (Wildman–Crippen MR) is 103 cm³/mol. The molecule has 7 heteroatoms. The quantitative estimate of drug-likeness (QED) is 0.756. The van der Waals surface area contributed by atoms with Crippen LogP contribution in [0.5, 0.6) is 0 Å². The lowest BCUT2D eigenvalue weighted by molar-refractivity contribution is -0.0748. The van der Waals surface area contributed by atoms with Crippen molar-refractivity contribution >= 4 is 5.97 Å². The second-order valence-corrected chi connectivity index (χ2v) is 8.69. The normalized spacial score (nSPS) is 33.0. The Hall–Kier alpha value is -2.19. The molecule has 4 aliphatic heterocycles. The minimum Gasteiger partial charge on any atom is -0.460 e. The molecule has 0 radical (unpaired) electrons. The monoisotopic (exact) mass is 396 g/mol. The number of benzene rings is 1. The number of fused-ring (bicyclic) bond motifs is 2. The van der Waals surface area contributed by atoms with Crippen LogP contribution in [0, 0.1) is 11.8 Å². The summed E-state index contributed by atoms with van der Waals surface area (Å²) in [4.78, 5) is 14.2. The Morgan fingerprint density at radius 1 is 1.28 bits per heavy atom. The smallest absolute Gasteiger partial charge is 0.338 e. The van der Waals surface area contributed by atoms with Crippen molar-refractivity contribution in [1.82, 2.24) is 10.2 Å². The molecule has 4 atom stereocenters. The van der Waals surface area contributed by atoms with E-state index < -0.39 is 0 Å². The number of aliphatic hydroxyl groups is 1. The predicted octanol–water partition coefficient (Wildman–Crippen LogP) is 1.40. The molecule has 2 bridgehead atoms. The van der Waals surface area contributed by atoms with Gasteiger partial charge in [0.25, 0.3) is 0 Å². The van der Waals surface area contributed by atoms with Crippen molar-refractivity contribution in [2.45, 2.75) is 24.9 Å². The Bertz CT molecular complexity index is 972. The summed E-state index contributed by atoms with van der Waals surface area (Å²) in [5.41, 5.74) is 2.24. The first-order valence-corrected chi connectivity index (χ1v) is 10.3. The fraction of sp³-hybridized carbons (Fsp3) is 0.500. The van der Waals surface area contributed by atoms with Crippen LogP contribution in [0.3, 0.4) is 0 Å². The van der Waals surface area contributed by atoms with Crippen LogP contribution in [0.2, 0.25) is 0 Å². The summed E-state index contributed by atoms with van der Waals surface area (Å²) in [6.45, 7) is 4.66. The second-order valence-electron chi connectivity index (χ2n) is 8.69. The molecule has 4 aliphatic rings. The number of morpholine rings is 1. The maximum Gasteiger partial charge on any atom is 0.338 e. The highest BCUT2D eigenvalue weighted by Gasteiger charge is 2.60. The van der Waals surface area contributed by atoms with Gasteiger partial charge >= 0.3 is 5.97 Å². The number of nitrogens with one attached hydrogen (secondary N) is 1. The van der Waals surface area contributed by atoms with Crippen LogP contribution in [0.25, 0.3) is 11.3 Å². The first-order chi connectivity index (χ1) is 14.1. The maximum atomic E-state index is 11.8. The molecule has 1 aromatic carbocycles. The molecule has 2 aromatic rings. The maximum absolute atomic E-state index is 11.8. The Morgan fingerprint density at radius 3 is 3.10 bits per heavy atom. The Balaban J connectivity index is 1.19. The first kappa shape index (κ1) is 17.7. The average Bonchev–Trinajstić information content (AvgIpc) is 3.45. The van der Waals surface area contributed by atoms with E-state index in [4.69, 9.17) is 13.9 Å². The molecular formula is C22H24N2O5. The SMILES string of the molecule is O=C1OCc2ccc(-c3ccc(CN4C[C@@H]5[C@H](CO)[C@H]6CNC[C@]5(C4)O6)o3)cc21. The minimum absolute atomic E-state index is 0.127. The number of aliphatic hydroxyl groups excluding tert-OH is 1. The molecule has 7 nitrogen and oxygen atoms in total. The van der Waals surface area contributed by atoms with E-state index >= 15 is 0 Å². The van der Waals surface area contributed by atoms with Crippen LogP contribution < -0.4 is 5.32 Å². The molecule has 6 rings (SSSR count). The molecule has 3 saturated heterocycles. The molecule has 0 amide bonds. The fourth-order valence-electron chi connectivity index (χ4n) is 5.62. The number of hydrogen-bond acceptors (Lipinski definition) is 7. The summed E-state index contributed by atoms with van der Waals surface area (Å²) in [6.07, 6.45) is 0.127. The third-order valence-electron chi connectivity index (χ3n) is 7.00. The lowest BCUT2D eigenvalue weighted by atomic mass is 9.83. The van der Waals surface area contributed by atoms with Crippen LogP contribution in [0.1, 0.15) is 21.7 Å². The topological polar surface area (TPSA) is 84.2 Å².